The van der Waals surface area contributed by atoms with E-state index in [-0.39, 0.29) is 0 Å². The number of carbonyl (C=O) groups is 1. The predicted molar refractivity (Wildman–Crippen MR) is 71.2 cm³/mol. The first-order chi connectivity index (χ1) is 9.15. The van der Waals surface area contributed by atoms with Crippen molar-refractivity contribution >= 4 is 5.97 Å². The Hall–Kier alpha value is -1.36. The fourth-order valence-electron chi connectivity index (χ4n) is 2.90. The molecule has 3 rings (SSSR count). The molecule has 5 heteroatoms. The van der Waals surface area contributed by atoms with Gasteiger partial charge < -0.3 is 15.0 Å². The molecule has 104 valence electrons. The monoisotopic (exact) mass is 263 g/mol. The quantitative estimate of drug-likeness (QED) is 0.839. The van der Waals surface area contributed by atoms with Crippen molar-refractivity contribution in [3.05, 3.63) is 17.2 Å². The second-order valence-corrected chi connectivity index (χ2v) is 5.70. The van der Waals surface area contributed by atoms with Crippen molar-refractivity contribution in [1.29, 1.82) is 0 Å². The number of nitrogens with one attached hydrogen (secondary N) is 1. The molecule has 1 aromatic heterocycles. The molecule has 1 aromatic rings. The van der Waals surface area contributed by atoms with Gasteiger partial charge in [-0.3, -0.25) is 4.79 Å². The summed E-state index contributed by atoms with van der Waals surface area (Å²) in [5, 5.41) is 12.6. The van der Waals surface area contributed by atoms with E-state index in [1.165, 1.54) is 24.2 Å². The molecule has 0 amide bonds. The number of carboxylic acids is 1. The maximum Gasteiger partial charge on any atom is 0.322 e. The van der Waals surface area contributed by atoms with Gasteiger partial charge in [0.2, 0.25) is 0 Å². The van der Waals surface area contributed by atoms with Gasteiger partial charge in [-0.15, -0.1) is 0 Å². The van der Waals surface area contributed by atoms with Crippen LogP contribution in [0.5, 0.6) is 0 Å². The number of hydrogen-bond acceptors (Lipinski definition) is 3. The molecule has 0 aromatic carbocycles. The Labute approximate surface area is 113 Å². The topological polar surface area (TPSA) is 67.2 Å². The van der Waals surface area contributed by atoms with Crippen LogP contribution in [-0.4, -0.2) is 32.7 Å². The van der Waals surface area contributed by atoms with E-state index in [4.69, 9.17) is 0 Å². The van der Waals surface area contributed by atoms with Crippen molar-refractivity contribution in [2.24, 2.45) is 0 Å². The number of imidazole rings is 1. The molecule has 2 N–H and O–H groups in total. The van der Waals surface area contributed by atoms with E-state index in [2.05, 4.69) is 14.9 Å². The van der Waals surface area contributed by atoms with Gasteiger partial charge in [-0.2, -0.15) is 0 Å². The molecular weight excluding hydrogens is 242 g/mol. The van der Waals surface area contributed by atoms with E-state index < -0.39 is 12.0 Å². The highest BCUT2D eigenvalue weighted by atomic mass is 16.4. The highest BCUT2D eigenvalue weighted by Crippen LogP contribution is 2.23. The summed E-state index contributed by atoms with van der Waals surface area (Å²) < 4.78 is 2.11. The summed E-state index contributed by atoms with van der Waals surface area (Å²) in [6.07, 6.45) is 6.66. The number of aliphatic carboxylic acids is 1. The number of nitrogens with zero attached hydrogens (tertiary/aromatic N) is 2. The summed E-state index contributed by atoms with van der Waals surface area (Å²) in [4.78, 5) is 16.0. The van der Waals surface area contributed by atoms with Crippen LogP contribution in [0.2, 0.25) is 0 Å². The Bertz CT molecular complexity index is 491. The van der Waals surface area contributed by atoms with Crippen molar-refractivity contribution in [3.63, 3.8) is 0 Å². The predicted octanol–water partition coefficient (Wildman–Crippen LogP) is 1.28. The molecule has 0 spiro atoms. The van der Waals surface area contributed by atoms with Gasteiger partial charge in [0, 0.05) is 11.7 Å². The first-order valence-electron chi connectivity index (χ1n) is 7.19. The van der Waals surface area contributed by atoms with Crippen LogP contribution in [-0.2, 0) is 24.2 Å². The van der Waals surface area contributed by atoms with Crippen LogP contribution in [0.4, 0.5) is 0 Å². The summed E-state index contributed by atoms with van der Waals surface area (Å²) in [7, 11) is 0. The highest BCUT2D eigenvalue weighted by molar-refractivity contribution is 5.73. The van der Waals surface area contributed by atoms with E-state index in [0.29, 0.717) is 12.6 Å². The molecule has 0 aliphatic heterocycles. The number of fused-ring (bicyclic) bond motifs is 1. The molecule has 1 fully saturated rings. The van der Waals surface area contributed by atoms with E-state index in [1.54, 1.807) is 0 Å². The van der Waals surface area contributed by atoms with E-state index >= 15 is 0 Å². The lowest BCUT2D eigenvalue weighted by Crippen LogP contribution is -2.42. The minimum atomic E-state index is -0.760. The van der Waals surface area contributed by atoms with Gasteiger partial charge in [0.15, 0.2) is 0 Å². The van der Waals surface area contributed by atoms with Crippen molar-refractivity contribution in [1.82, 2.24) is 14.9 Å². The Kier molecular flexibility index (Phi) is 3.31. The van der Waals surface area contributed by atoms with Gasteiger partial charge >= 0.3 is 5.97 Å². The molecule has 2 aliphatic carbocycles. The van der Waals surface area contributed by atoms with Crippen LogP contribution in [0.3, 0.4) is 0 Å². The SMILES string of the molecule is Cc1nc2c(n1CC(NC1CC1)C(=O)O)CCCC2. The molecular formula is C14H21N3O2. The highest BCUT2D eigenvalue weighted by Gasteiger charge is 2.30. The van der Waals surface area contributed by atoms with Crippen molar-refractivity contribution in [2.45, 2.75) is 64.1 Å². The van der Waals surface area contributed by atoms with Crippen molar-refractivity contribution in [2.75, 3.05) is 0 Å². The van der Waals surface area contributed by atoms with Gasteiger partial charge in [-0.1, -0.05) is 0 Å². The molecule has 0 bridgehead atoms. The average molecular weight is 263 g/mol. The zero-order chi connectivity index (χ0) is 13.4. The second-order valence-electron chi connectivity index (χ2n) is 5.70. The fraction of sp³-hybridized carbons (Fsp3) is 0.714. The molecule has 5 nitrogen and oxygen atoms in total. The minimum absolute atomic E-state index is 0.403. The van der Waals surface area contributed by atoms with Gasteiger partial charge in [-0.25, -0.2) is 4.98 Å². The van der Waals surface area contributed by atoms with Crippen LogP contribution in [0, 0.1) is 6.92 Å². The standard InChI is InChI=1S/C14H21N3O2/c1-9-15-11-4-2-3-5-13(11)17(9)8-12(14(18)19)16-10-6-7-10/h10,12,16H,2-8H2,1H3,(H,18,19). The minimum Gasteiger partial charge on any atom is -0.480 e. The Morgan fingerprint density at radius 1 is 1.47 bits per heavy atom. The van der Waals surface area contributed by atoms with Crippen LogP contribution in [0.1, 0.15) is 42.9 Å². The van der Waals surface area contributed by atoms with Gasteiger partial charge in [0.25, 0.3) is 0 Å². The zero-order valence-electron chi connectivity index (χ0n) is 11.4. The summed E-state index contributed by atoms with van der Waals surface area (Å²) in [5.41, 5.74) is 2.44. The largest absolute Gasteiger partial charge is 0.480 e. The zero-order valence-corrected chi connectivity index (χ0v) is 11.4. The van der Waals surface area contributed by atoms with Gasteiger partial charge in [-0.05, 0) is 45.4 Å². The molecule has 1 heterocycles. The third-order valence-electron chi connectivity index (χ3n) is 4.10. The molecule has 1 atom stereocenters. The van der Waals surface area contributed by atoms with Crippen LogP contribution >= 0.6 is 0 Å². The lowest BCUT2D eigenvalue weighted by atomic mass is 10.0. The molecule has 1 unspecified atom stereocenters. The third-order valence-corrected chi connectivity index (χ3v) is 4.10. The Morgan fingerprint density at radius 2 is 2.21 bits per heavy atom. The van der Waals surface area contributed by atoms with E-state index in [9.17, 15) is 9.90 Å². The summed E-state index contributed by atoms with van der Waals surface area (Å²) >= 11 is 0. The maximum atomic E-state index is 11.4. The number of aromatic nitrogens is 2. The first-order valence-corrected chi connectivity index (χ1v) is 7.19. The molecule has 2 aliphatic rings. The second kappa shape index (κ2) is 4.96. The smallest absolute Gasteiger partial charge is 0.322 e. The fourth-order valence-corrected chi connectivity index (χ4v) is 2.90. The summed E-state index contributed by atoms with van der Waals surface area (Å²) in [6, 6.07) is -0.0906. The Balaban J connectivity index is 1.80. The lowest BCUT2D eigenvalue weighted by Gasteiger charge is -2.19. The lowest BCUT2D eigenvalue weighted by molar-refractivity contribution is -0.139. The molecule has 1 saturated carbocycles. The average Bonchev–Trinajstić information content (AvgIpc) is 3.13. The van der Waals surface area contributed by atoms with Gasteiger partial charge in [0.05, 0.1) is 12.2 Å². The first kappa shape index (κ1) is 12.7. The summed E-state index contributed by atoms with van der Waals surface area (Å²) in [5.74, 6) is 0.195. The normalized spacial score (nSPS) is 20.1. The summed E-state index contributed by atoms with van der Waals surface area (Å²) in [6.45, 7) is 2.48. The van der Waals surface area contributed by atoms with E-state index in [0.717, 1.165) is 31.5 Å². The van der Waals surface area contributed by atoms with Crippen LogP contribution < -0.4 is 5.32 Å². The number of carboxylic acid groups (broad SMARTS) is 1. The molecule has 0 saturated heterocycles. The number of rotatable bonds is 5. The maximum absolute atomic E-state index is 11.4. The molecule has 19 heavy (non-hydrogen) atoms. The van der Waals surface area contributed by atoms with E-state index in [1.807, 2.05) is 6.92 Å². The van der Waals surface area contributed by atoms with Crippen LogP contribution in [0.15, 0.2) is 0 Å². The van der Waals surface area contributed by atoms with Gasteiger partial charge in [0.1, 0.15) is 11.9 Å². The molecule has 0 radical (unpaired) electrons. The van der Waals surface area contributed by atoms with Crippen molar-refractivity contribution in [3.8, 4) is 0 Å². The van der Waals surface area contributed by atoms with Crippen LogP contribution in [0.25, 0.3) is 0 Å². The van der Waals surface area contributed by atoms with Crippen molar-refractivity contribution < 1.29 is 9.90 Å². The number of hydrogen-bond donors (Lipinski definition) is 2. The number of aryl methyl sites for hydroxylation is 2. The Morgan fingerprint density at radius 3 is 2.89 bits per heavy atom. The third kappa shape index (κ3) is 2.66.